The van der Waals surface area contributed by atoms with Crippen LogP contribution in [-0.4, -0.2) is 40.5 Å². The van der Waals surface area contributed by atoms with Gasteiger partial charge in [0.25, 0.3) is 0 Å². The van der Waals surface area contributed by atoms with Gasteiger partial charge in [0.15, 0.2) is 23.1 Å². The monoisotopic (exact) mass is 411 g/mol. The van der Waals surface area contributed by atoms with Gasteiger partial charge in [-0.05, 0) is 66.1 Å². The molecule has 0 unspecified atom stereocenters. The molecule has 0 fully saturated rings. The van der Waals surface area contributed by atoms with Crippen molar-refractivity contribution in [2.75, 3.05) is 13.7 Å². The number of allylic oxidation sites excluding steroid dienone is 2. The van der Waals surface area contributed by atoms with Gasteiger partial charge in [0, 0.05) is 5.56 Å². The lowest BCUT2D eigenvalue weighted by Crippen LogP contribution is -2.05. The minimum absolute atomic E-state index is 0.0108. The standard InChI is InChI=1S/C23H25NO6/c1-30-23-12-16(17(8-9-24)11-22(23)29)4-6-20(27)13-19(26)5-2-15-3-7-21(28)18(10-15)14-25/h2-7,10-12,25,28-29H,8-9,13-14,24H2,1H3/b5-2+,6-4+. The van der Waals surface area contributed by atoms with Crippen LogP contribution in [0.2, 0.25) is 0 Å². The number of phenols is 2. The maximum absolute atomic E-state index is 12.2. The van der Waals surface area contributed by atoms with E-state index in [9.17, 15) is 19.8 Å². The van der Waals surface area contributed by atoms with E-state index >= 15 is 0 Å². The molecule has 0 aromatic heterocycles. The van der Waals surface area contributed by atoms with Crippen molar-refractivity contribution < 1.29 is 29.6 Å². The molecule has 0 heterocycles. The molecule has 30 heavy (non-hydrogen) atoms. The minimum Gasteiger partial charge on any atom is -0.508 e. The molecular formula is C23H25NO6. The summed E-state index contributed by atoms with van der Waals surface area (Å²) in [5.74, 6) is -0.520. The molecule has 0 saturated heterocycles. The molecule has 2 aromatic carbocycles. The average Bonchev–Trinajstić information content (AvgIpc) is 2.72. The zero-order valence-electron chi connectivity index (χ0n) is 16.7. The van der Waals surface area contributed by atoms with E-state index in [2.05, 4.69) is 0 Å². The van der Waals surface area contributed by atoms with Crippen molar-refractivity contribution in [1.29, 1.82) is 0 Å². The number of nitrogens with two attached hydrogens (primary N) is 1. The summed E-state index contributed by atoms with van der Waals surface area (Å²) in [5, 5.41) is 28.6. The molecule has 0 spiro atoms. The summed E-state index contributed by atoms with van der Waals surface area (Å²) in [5.41, 5.74) is 8.00. The molecule has 5 N–H and O–H groups in total. The van der Waals surface area contributed by atoms with E-state index in [-0.39, 0.29) is 41.8 Å². The Morgan fingerprint density at radius 1 is 1.00 bits per heavy atom. The Hall–Kier alpha value is -3.42. The fraction of sp³-hybridized carbons (Fsp3) is 0.217. The molecule has 0 saturated carbocycles. The summed E-state index contributed by atoms with van der Waals surface area (Å²) in [6.45, 7) is 0.0536. The first kappa shape index (κ1) is 22.9. The highest BCUT2D eigenvalue weighted by molar-refractivity contribution is 6.10. The van der Waals surface area contributed by atoms with E-state index in [1.54, 1.807) is 30.3 Å². The Balaban J connectivity index is 2.06. The van der Waals surface area contributed by atoms with E-state index in [1.165, 1.54) is 31.4 Å². The third-order valence-electron chi connectivity index (χ3n) is 4.39. The Bertz CT molecular complexity index is 978. The third kappa shape index (κ3) is 6.30. The molecule has 2 rings (SSSR count). The van der Waals surface area contributed by atoms with Crippen LogP contribution in [0.5, 0.6) is 17.2 Å². The second kappa shape index (κ2) is 10.9. The number of rotatable bonds is 10. The number of phenolic OH excluding ortho intramolecular Hbond substituents is 1. The van der Waals surface area contributed by atoms with E-state index in [0.717, 1.165) is 5.56 Å². The second-order valence-corrected chi connectivity index (χ2v) is 6.58. The Kier molecular flexibility index (Phi) is 8.34. The molecule has 7 nitrogen and oxygen atoms in total. The lowest BCUT2D eigenvalue weighted by atomic mass is 10.0. The fourth-order valence-electron chi connectivity index (χ4n) is 2.82. The van der Waals surface area contributed by atoms with Crippen molar-refractivity contribution in [2.24, 2.45) is 5.73 Å². The lowest BCUT2D eigenvalue weighted by molar-refractivity contribution is -0.121. The van der Waals surface area contributed by atoms with Crippen LogP contribution in [0.15, 0.2) is 42.5 Å². The summed E-state index contributed by atoms with van der Waals surface area (Å²) in [6.07, 6.45) is 5.88. The number of benzene rings is 2. The van der Waals surface area contributed by atoms with Crippen molar-refractivity contribution in [3.8, 4) is 17.2 Å². The molecule has 0 aliphatic carbocycles. The first-order valence-electron chi connectivity index (χ1n) is 9.32. The molecule has 7 heteroatoms. The highest BCUT2D eigenvalue weighted by atomic mass is 16.5. The first-order valence-corrected chi connectivity index (χ1v) is 9.32. The van der Waals surface area contributed by atoms with E-state index in [1.807, 2.05) is 0 Å². The van der Waals surface area contributed by atoms with Crippen molar-refractivity contribution in [3.05, 3.63) is 64.7 Å². The SMILES string of the molecule is COc1cc(/C=C/C(=O)CC(=O)/C=C/c2ccc(O)c(CO)c2)c(CCN)cc1O. The maximum Gasteiger partial charge on any atom is 0.163 e. The molecule has 0 bridgehead atoms. The number of ketones is 2. The summed E-state index contributed by atoms with van der Waals surface area (Å²) >= 11 is 0. The summed E-state index contributed by atoms with van der Waals surface area (Å²) in [6, 6.07) is 7.72. The molecule has 0 atom stereocenters. The van der Waals surface area contributed by atoms with E-state index in [0.29, 0.717) is 29.7 Å². The smallest absolute Gasteiger partial charge is 0.163 e. The van der Waals surface area contributed by atoms with Gasteiger partial charge >= 0.3 is 0 Å². The van der Waals surface area contributed by atoms with Crippen molar-refractivity contribution in [2.45, 2.75) is 19.4 Å². The van der Waals surface area contributed by atoms with Gasteiger partial charge in [0.2, 0.25) is 0 Å². The normalized spacial score (nSPS) is 11.3. The Morgan fingerprint density at radius 3 is 2.33 bits per heavy atom. The minimum atomic E-state index is -0.381. The fourth-order valence-corrected chi connectivity index (χ4v) is 2.82. The van der Waals surface area contributed by atoms with Gasteiger partial charge in [-0.3, -0.25) is 9.59 Å². The predicted molar refractivity (Wildman–Crippen MR) is 114 cm³/mol. The Labute approximate surface area is 174 Å². The predicted octanol–water partition coefficient (Wildman–Crippen LogP) is 2.35. The summed E-state index contributed by atoms with van der Waals surface area (Å²) < 4.78 is 5.09. The second-order valence-electron chi connectivity index (χ2n) is 6.58. The Morgan fingerprint density at radius 2 is 1.70 bits per heavy atom. The van der Waals surface area contributed by atoms with Crippen LogP contribution >= 0.6 is 0 Å². The van der Waals surface area contributed by atoms with E-state index < -0.39 is 0 Å². The van der Waals surface area contributed by atoms with Crippen LogP contribution in [0.25, 0.3) is 12.2 Å². The number of aromatic hydroxyl groups is 2. The van der Waals surface area contributed by atoms with Crippen LogP contribution in [0.3, 0.4) is 0 Å². The zero-order valence-corrected chi connectivity index (χ0v) is 16.7. The van der Waals surface area contributed by atoms with Gasteiger partial charge in [-0.15, -0.1) is 0 Å². The molecule has 0 aliphatic heterocycles. The van der Waals surface area contributed by atoms with Crippen molar-refractivity contribution >= 4 is 23.7 Å². The molecule has 0 radical (unpaired) electrons. The molecule has 0 amide bonds. The quantitative estimate of drug-likeness (QED) is 0.349. The number of methoxy groups -OCH3 is 1. The first-order chi connectivity index (χ1) is 14.4. The highest BCUT2D eigenvalue weighted by Crippen LogP contribution is 2.30. The van der Waals surface area contributed by atoms with Gasteiger partial charge in [0.1, 0.15) is 5.75 Å². The van der Waals surface area contributed by atoms with Crippen molar-refractivity contribution in [3.63, 3.8) is 0 Å². The number of hydrogen-bond acceptors (Lipinski definition) is 7. The maximum atomic E-state index is 12.2. The molecular weight excluding hydrogens is 386 g/mol. The summed E-state index contributed by atoms with van der Waals surface area (Å²) in [4.78, 5) is 24.2. The van der Waals surface area contributed by atoms with Gasteiger partial charge in [-0.1, -0.05) is 18.2 Å². The summed E-state index contributed by atoms with van der Waals surface area (Å²) in [7, 11) is 1.43. The lowest BCUT2D eigenvalue weighted by Gasteiger charge is -2.10. The number of aliphatic hydroxyl groups is 1. The van der Waals surface area contributed by atoms with Crippen LogP contribution in [0.4, 0.5) is 0 Å². The van der Waals surface area contributed by atoms with Crippen LogP contribution in [0, 0.1) is 0 Å². The number of aliphatic hydroxyl groups excluding tert-OH is 1. The molecule has 2 aromatic rings. The number of ether oxygens (including phenoxy) is 1. The van der Waals surface area contributed by atoms with Gasteiger partial charge in [-0.25, -0.2) is 0 Å². The van der Waals surface area contributed by atoms with Gasteiger partial charge in [-0.2, -0.15) is 0 Å². The topological polar surface area (TPSA) is 130 Å². The number of hydrogen-bond donors (Lipinski definition) is 4. The zero-order chi connectivity index (χ0) is 22.1. The molecule has 0 aliphatic rings. The van der Waals surface area contributed by atoms with Crippen LogP contribution < -0.4 is 10.5 Å². The third-order valence-corrected chi connectivity index (χ3v) is 4.39. The van der Waals surface area contributed by atoms with Crippen LogP contribution in [-0.2, 0) is 22.6 Å². The number of carbonyl (C=O) groups is 2. The largest absolute Gasteiger partial charge is 0.508 e. The van der Waals surface area contributed by atoms with Crippen molar-refractivity contribution in [1.82, 2.24) is 0 Å². The highest BCUT2D eigenvalue weighted by Gasteiger charge is 2.09. The van der Waals surface area contributed by atoms with Gasteiger partial charge < -0.3 is 25.8 Å². The van der Waals surface area contributed by atoms with Crippen LogP contribution in [0.1, 0.15) is 28.7 Å². The molecule has 158 valence electrons. The van der Waals surface area contributed by atoms with E-state index in [4.69, 9.17) is 15.6 Å². The number of carbonyl (C=O) groups excluding carboxylic acids is 2. The van der Waals surface area contributed by atoms with Gasteiger partial charge in [0.05, 0.1) is 20.1 Å². The average molecular weight is 411 g/mol.